The number of benzene rings is 2. The molecule has 0 radical (unpaired) electrons. The van der Waals surface area contributed by atoms with Gasteiger partial charge in [0, 0.05) is 42.3 Å². The highest BCUT2D eigenvalue weighted by Crippen LogP contribution is 2.29. The Bertz CT molecular complexity index is 1060. The second kappa shape index (κ2) is 7.87. The van der Waals surface area contributed by atoms with Gasteiger partial charge in [-0.05, 0) is 42.0 Å². The molecule has 0 bridgehead atoms. The van der Waals surface area contributed by atoms with Gasteiger partial charge in [-0.2, -0.15) is 0 Å². The van der Waals surface area contributed by atoms with Crippen LogP contribution in [0.4, 0.5) is 5.69 Å². The number of likely N-dealkylation sites (tertiary alicyclic amines) is 1. The molecule has 0 unspecified atom stereocenters. The highest BCUT2D eigenvalue weighted by Gasteiger charge is 2.34. The molecule has 3 aromatic rings. The summed E-state index contributed by atoms with van der Waals surface area (Å²) in [5.74, 6) is 0.723. The highest BCUT2D eigenvalue weighted by molar-refractivity contribution is 5.98. The largest absolute Gasteiger partial charge is 0.493 e. The SMILES string of the molecule is COc1ccc(CN2C[C@@H](C(=O)Nc3ccc4[nH]ccc4c3)CC2=O)cc1OC. The standard InChI is InChI=1S/C22H23N3O4/c1-28-19-6-3-14(9-20(19)29-2)12-25-13-16(11-21(25)26)22(27)24-17-4-5-18-15(10-17)7-8-23-18/h3-10,16,23H,11-13H2,1-2H3,(H,24,27)/t16-/m0/s1. The summed E-state index contributed by atoms with van der Waals surface area (Å²) < 4.78 is 10.6. The van der Waals surface area contributed by atoms with Gasteiger partial charge in [0.25, 0.3) is 0 Å². The third-order valence-electron chi connectivity index (χ3n) is 5.23. The van der Waals surface area contributed by atoms with Gasteiger partial charge in [-0.1, -0.05) is 6.07 Å². The van der Waals surface area contributed by atoms with Gasteiger partial charge in [0.1, 0.15) is 0 Å². The van der Waals surface area contributed by atoms with Crippen LogP contribution in [-0.2, 0) is 16.1 Å². The molecule has 1 aliphatic heterocycles. The van der Waals surface area contributed by atoms with Crippen molar-refractivity contribution in [2.24, 2.45) is 5.92 Å². The monoisotopic (exact) mass is 393 g/mol. The maximum atomic E-state index is 12.7. The fourth-order valence-electron chi connectivity index (χ4n) is 3.68. The summed E-state index contributed by atoms with van der Waals surface area (Å²) in [6, 6.07) is 13.2. The summed E-state index contributed by atoms with van der Waals surface area (Å²) >= 11 is 0. The number of nitrogens with one attached hydrogen (secondary N) is 2. The molecule has 0 saturated carbocycles. The van der Waals surface area contributed by atoms with Gasteiger partial charge in [-0.3, -0.25) is 9.59 Å². The predicted octanol–water partition coefficient (Wildman–Crippen LogP) is 3.17. The molecule has 2 heterocycles. The van der Waals surface area contributed by atoms with Crippen molar-refractivity contribution in [1.82, 2.24) is 9.88 Å². The maximum absolute atomic E-state index is 12.7. The summed E-state index contributed by atoms with van der Waals surface area (Å²) in [4.78, 5) is 30.0. The molecule has 0 aliphatic carbocycles. The van der Waals surface area contributed by atoms with Crippen LogP contribution < -0.4 is 14.8 Å². The summed E-state index contributed by atoms with van der Waals surface area (Å²) in [6.07, 6.45) is 2.07. The lowest BCUT2D eigenvalue weighted by Gasteiger charge is -2.18. The van der Waals surface area contributed by atoms with Crippen LogP contribution >= 0.6 is 0 Å². The number of H-pyrrole nitrogens is 1. The first-order chi connectivity index (χ1) is 14.1. The molecule has 150 valence electrons. The highest BCUT2D eigenvalue weighted by atomic mass is 16.5. The van der Waals surface area contributed by atoms with E-state index < -0.39 is 0 Å². The number of carbonyl (C=O) groups is 2. The molecule has 2 aromatic carbocycles. The Hall–Kier alpha value is -3.48. The molecule has 1 aliphatic rings. The lowest BCUT2D eigenvalue weighted by Crippen LogP contribution is -2.28. The van der Waals surface area contributed by atoms with E-state index in [2.05, 4.69) is 10.3 Å². The van der Waals surface area contributed by atoms with Crippen molar-refractivity contribution in [3.63, 3.8) is 0 Å². The number of hydrogen-bond donors (Lipinski definition) is 2. The van der Waals surface area contributed by atoms with Crippen molar-refractivity contribution in [1.29, 1.82) is 0 Å². The van der Waals surface area contributed by atoms with E-state index in [1.165, 1.54) is 0 Å². The van der Waals surface area contributed by atoms with E-state index in [4.69, 9.17) is 9.47 Å². The van der Waals surface area contributed by atoms with Gasteiger partial charge in [-0.15, -0.1) is 0 Å². The second-order valence-electron chi connectivity index (χ2n) is 7.13. The summed E-state index contributed by atoms with van der Waals surface area (Å²) in [5.41, 5.74) is 2.67. The Morgan fingerprint density at radius 3 is 2.76 bits per heavy atom. The molecule has 7 nitrogen and oxygen atoms in total. The first-order valence-corrected chi connectivity index (χ1v) is 9.44. The van der Waals surface area contributed by atoms with E-state index in [0.29, 0.717) is 24.6 Å². The number of methoxy groups -OCH3 is 2. The number of anilines is 1. The molecule has 4 rings (SSSR count). The van der Waals surface area contributed by atoms with Crippen LogP contribution in [0.15, 0.2) is 48.7 Å². The quantitative estimate of drug-likeness (QED) is 0.674. The van der Waals surface area contributed by atoms with E-state index in [1.54, 1.807) is 19.1 Å². The number of nitrogens with zero attached hydrogens (tertiary/aromatic N) is 1. The van der Waals surface area contributed by atoms with Gasteiger partial charge in [0.15, 0.2) is 11.5 Å². The Morgan fingerprint density at radius 1 is 1.14 bits per heavy atom. The third kappa shape index (κ3) is 3.89. The minimum Gasteiger partial charge on any atom is -0.493 e. The zero-order valence-corrected chi connectivity index (χ0v) is 16.4. The van der Waals surface area contributed by atoms with Gasteiger partial charge in [-0.25, -0.2) is 0 Å². The predicted molar refractivity (Wildman–Crippen MR) is 110 cm³/mol. The average Bonchev–Trinajstić information content (AvgIpc) is 3.34. The molecular formula is C22H23N3O4. The van der Waals surface area contributed by atoms with Crippen molar-refractivity contribution in [2.75, 3.05) is 26.1 Å². The molecule has 1 aromatic heterocycles. The number of amides is 2. The lowest BCUT2D eigenvalue weighted by molar-refractivity contribution is -0.128. The molecule has 7 heteroatoms. The number of aromatic nitrogens is 1. The normalized spacial score (nSPS) is 16.3. The van der Waals surface area contributed by atoms with Crippen molar-refractivity contribution in [2.45, 2.75) is 13.0 Å². The maximum Gasteiger partial charge on any atom is 0.229 e. The minimum atomic E-state index is -0.371. The van der Waals surface area contributed by atoms with E-state index >= 15 is 0 Å². The Kier molecular flexibility index (Phi) is 5.12. The molecule has 0 spiro atoms. The molecule has 29 heavy (non-hydrogen) atoms. The summed E-state index contributed by atoms with van der Waals surface area (Å²) in [7, 11) is 3.16. The van der Waals surface area contributed by atoms with Crippen LogP contribution in [0.3, 0.4) is 0 Å². The first kappa shape index (κ1) is 18.9. The van der Waals surface area contributed by atoms with Crippen molar-refractivity contribution < 1.29 is 19.1 Å². The molecule has 2 N–H and O–H groups in total. The third-order valence-corrected chi connectivity index (χ3v) is 5.23. The van der Waals surface area contributed by atoms with Crippen LogP contribution in [0.5, 0.6) is 11.5 Å². The van der Waals surface area contributed by atoms with E-state index in [-0.39, 0.29) is 24.2 Å². The Balaban J connectivity index is 1.41. The van der Waals surface area contributed by atoms with Crippen LogP contribution in [0.1, 0.15) is 12.0 Å². The molecule has 1 atom stereocenters. The number of hydrogen-bond acceptors (Lipinski definition) is 4. The number of fused-ring (bicyclic) bond motifs is 1. The first-order valence-electron chi connectivity index (χ1n) is 9.44. The fourth-order valence-corrected chi connectivity index (χ4v) is 3.68. The zero-order valence-electron chi connectivity index (χ0n) is 16.4. The van der Waals surface area contributed by atoms with Gasteiger partial charge >= 0.3 is 0 Å². The number of aromatic amines is 1. The van der Waals surface area contributed by atoms with E-state index in [0.717, 1.165) is 22.2 Å². The van der Waals surface area contributed by atoms with Crippen molar-refractivity contribution >= 4 is 28.4 Å². The van der Waals surface area contributed by atoms with E-state index in [9.17, 15) is 9.59 Å². The van der Waals surface area contributed by atoms with Gasteiger partial charge in [0.2, 0.25) is 11.8 Å². The van der Waals surface area contributed by atoms with Crippen LogP contribution in [0.25, 0.3) is 10.9 Å². The molecule has 2 amide bonds. The zero-order chi connectivity index (χ0) is 20.4. The van der Waals surface area contributed by atoms with Gasteiger partial charge in [0.05, 0.1) is 20.1 Å². The molecular weight excluding hydrogens is 370 g/mol. The Labute approximate surface area is 168 Å². The molecule has 1 saturated heterocycles. The van der Waals surface area contributed by atoms with Gasteiger partial charge < -0.3 is 24.7 Å². The number of rotatable bonds is 6. The van der Waals surface area contributed by atoms with Crippen LogP contribution in [-0.4, -0.2) is 42.5 Å². The minimum absolute atomic E-state index is 0.0268. The lowest BCUT2D eigenvalue weighted by atomic mass is 10.1. The molecule has 1 fully saturated rings. The van der Waals surface area contributed by atoms with Crippen molar-refractivity contribution in [3.8, 4) is 11.5 Å². The summed E-state index contributed by atoms with van der Waals surface area (Å²) in [5, 5.41) is 3.96. The topological polar surface area (TPSA) is 83.7 Å². The van der Waals surface area contributed by atoms with Crippen molar-refractivity contribution in [3.05, 3.63) is 54.2 Å². The van der Waals surface area contributed by atoms with Crippen LogP contribution in [0.2, 0.25) is 0 Å². The average molecular weight is 393 g/mol. The number of carbonyl (C=O) groups excluding carboxylic acids is 2. The van der Waals surface area contributed by atoms with Crippen LogP contribution in [0, 0.1) is 5.92 Å². The smallest absolute Gasteiger partial charge is 0.229 e. The second-order valence-corrected chi connectivity index (χ2v) is 7.13. The summed E-state index contributed by atoms with van der Waals surface area (Å²) in [6.45, 7) is 0.823. The number of ether oxygens (including phenoxy) is 2. The Morgan fingerprint density at radius 2 is 1.97 bits per heavy atom. The fraction of sp³-hybridized carbons (Fsp3) is 0.273. The van der Waals surface area contributed by atoms with E-state index in [1.807, 2.05) is 48.7 Å².